The molecule has 0 bridgehead atoms. The fourth-order valence-corrected chi connectivity index (χ4v) is 3.11. The molecule has 3 rings (SSSR count). The van der Waals surface area contributed by atoms with Gasteiger partial charge < -0.3 is 20.1 Å². The minimum atomic E-state index is -0.738. The van der Waals surface area contributed by atoms with Crippen LogP contribution in [0, 0.1) is 11.6 Å². The number of carbonyl (C=O) groups is 2. The molecule has 0 atom stereocenters. The number of carbonyl (C=O) groups excluding carboxylic acids is 2. The van der Waals surface area contributed by atoms with Crippen LogP contribution in [0.4, 0.5) is 8.78 Å². The van der Waals surface area contributed by atoms with Crippen molar-refractivity contribution in [1.82, 2.24) is 25.1 Å². The molecule has 0 unspecified atom stereocenters. The molecule has 2 aromatic rings. The minimum absolute atomic E-state index is 0.132. The Morgan fingerprint density at radius 3 is 2.74 bits per heavy atom. The maximum absolute atomic E-state index is 14.3. The molecule has 2 heterocycles. The summed E-state index contributed by atoms with van der Waals surface area (Å²) in [5, 5.41) is 4.95. The Hall–Kier alpha value is -2.81. The van der Waals surface area contributed by atoms with Crippen molar-refractivity contribution in [2.45, 2.75) is 19.5 Å². The SMILES string of the molecule is CNC(=O)CNC(=O)c1nc(-c2ccc(F)cc2F)n2c1CN(C)CCC2. The predicted molar refractivity (Wildman–Crippen MR) is 94.9 cm³/mol. The summed E-state index contributed by atoms with van der Waals surface area (Å²) in [5.74, 6) is -1.98. The number of rotatable bonds is 4. The average Bonchev–Trinajstić information content (AvgIpc) is 2.85. The number of hydrogen-bond acceptors (Lipinski definition) is 4. The van der Waals surface area contributed by atoms with E-state index < -0.39 is 17.5 Å². The Labute approximate surface area is 155 Å². The molecule has 1 aliphatic heterocycles. The summed E-state index contributed by atoms with van der Waals surface area (Å²) in [6.45, 7) is 1.64. The molecule has 27 heavy (non-hydrogen) atoms. The molecule has 144 valence electrons. The zero-order valence-corrected chi connectivity index (χ0v) is 15.2. The third-order valence-electron chi connectivity index (χ3n) is 4.49. The van der Waals surface area contributed by atoms with Crippen molar-refractivity contribution in [1.29, 1.82) is 0 Å². The summed E-state index contributed by atoms with van der Waals surface area (Å²) < 4.78 is 29.4. The summed E-state index contributed by atoms with van der Waals surface area (Å²) in [5.41, 5.74) is 0.919. The van der Waals surface area contributed by atoms with Gasteiger partial charge in [-0.2, -0.15) is 0 Å². The fourth-order valence-electron chi connectivity index (χ4n) is 3.11. The second-order valence-corrected chi connectivity index (χ2v) is 6.45. The summed E-state index contributed by atoms with van der Waals surface area (Å²) in [6.07, 6.45) is 0.801. The van der Waals surface area contributed by atoms with Gasteiger partial charge in [0.2, 0.25) is 5.91 Å². The Bertz CT molecular complexity index is 881. The van der Waals surface area contributed by atoms with Gasteiger partial charge >= 0.3 is 0 Å². The van der Waals surface area contributed by atoms with E-state index in [2.05, 4.69) is 15.6 Å². The Morgan fingerprint density at radius 1 is 1.26 bits per heavy atom. The topological polar surface area (TPSA) is 79.3 Å². The quantitative estimate of drug-likeness (QED) is 0.838. The molecular weight excluding hydrogens is 356 g/mol. The van der Waals surface area contributed by atoms with Crippen molar-refractivity contribution >= 4 is 11.8 Å². The molecule has 2 amide bonds. The molecule has 1 aliphatic rings. The normalized spacial score (nSPS) is 14.4. The second kappa shape index (κ2) is 7.83. The lowest BCUT2D eigenvalue weighted by molar-refractivity contribution is -0.119. The van der Waals surface area contributed by atoms with Gasteiger partial charge in [-0.05, 0) is 32.1 Å². The fraction of sp³-hybridized carbons (Fsp3) is 0.389. The zero-order chi connectivity index (χ0) is 19.6. The van der Waals surface area contributed by atoms with Crippen LogP contribution in [-0.4, -0.2) is 53.5 Å². The van der Waals surface area contributed by atoms with Crippen molar-refractivity contribution in [2.75, 3.05) is 27.2 Å². The first-order chi connectivity index (χ1) is 12.9. The molecule has 0 spiro atoms. The number of halogens is 2. The Morgan fingerprint density at radius 2 is 2.04 bits per heavy atom. The van der Waals surface area contributed by atoms with Crippen molar-refractivity contribution in [3.8, 4) is 11.4 Å². The zero-order valence-electron chi connectivity index (χ0n) is 15.2. The van der Waals surface area contributed by atoms with Gasteiger partial charge in [0.15, 0.2) is 5.69 Å². The van der Waals surface area contributed by atoms with Crippen LogP contribution in [0.1, 0.15) is 22.6 Å². The molecule has 0 aliphatic carbocycles. The lowest BCUT2D eigenvalue weighted by Crippen LogP contribution is -2.36. The van der Waals surface area contributed by atoms with E-state index in [9.17, 15) is 18.4 Å². The van der Waals surface area contributed by atoms with Crippen LogP contribution >= 0.6 is 0 Å². The number of fused-ring (bicyclic) bond motifs is 1. The van der Waals surface area contributed by atoms with Crippen molar-refractivity contribution in [2.24, 2.45) is 0 Å². The van der Waals surface area contributed by atoms with E-state index in [0.29, 0.717) is 18.8 Å². The molecule has 7 nitrogen and oxygen atoms in total. The Balaban J connectivity index is 2.04. The average molecular weight is 377 g/mol. The lowest BCUT2D eigenvalue weighted by Gasteiger charge is -2.13. The maximum Gasteiger partial charge on any atom is 0.272 e. The second-order valence-electron chi connectivity index (χ2n) is 6.45. The van der Waals surface area contributed by atoms with E-state index in [1.54, 1.807) is 4.57 Å². The lowest BCUT2D eigenvalue weighted by atomic mass is 10.2. The summed E-state index contributed by atoms with van der Waals surface area (Å²) in [4.78, 5) is 30.4. The number of aromatic nitrogens is 2. The van der Waals surface area contributed by atoms with E-state index in [1.807, 2.05) is 11.9 Å². The van der Waals surface area contributed by atoms with Gasteiger partial charge in [0.25, 0.3) is 5.91 Å². The van der Waals surface area contributed by atoms with Crippen LogP contribution in [0.5, 0.6) is 0 Å². The van der Waals surface area contributed by atoms with Crippen LogP contribution in [0.25, 0.3) is 11.4 Å². The molecular formula is C18H21F2N5O2. The highest BCUT2D eigenvalue weighted by Gasteiger charge is 2.27. The summed E-state index contributed by atoms with van der Waals surface area (Å²) >= 11 is 0. The molecule has 0 radical (unpaired) electrons. The molecule has 2 N–H and O–H groups in total. The highest BCUT2D eigenvalue weighted by atomic mass is 19.1. The monoisotopic (exact) mass is 377 g/mol. The number of likely N-dealkylation sites (N-methyl/N-ethyl adjacent to an activating group) is 1. The van der Waals surface area contributed by atoms with Crippen LogP contribution < -0.4 is 10.6 Å². The number of hydrogen-bond donors (Lipinski definition) is 2. The van der Waals surface area contributed by atoms with Crippen molar-refractivity contribution in [3.05, 3.63) is 41.2 Å². The highest BCUT2D eigenvalue weighted by Crippen LogP contribution is 2.28. The molecule has 1 aromatic heterocycles. The number of amides is 2. The van der Waals surface area contributed by atoms with Crippen LogP contribution in [0.15, 0.2) is 18.2 Å². The molecule has 0 saturated carbocycles. The number of imidazole rings is 1. The molecule has 0 fully saturated rings. The van der Waals surface area contributed by atoms with Gasteiger partial charge in [0.1, 0.15) is 17.5 Å². The van der Waals surface area contributed by atoms with Gasteiger partial charge in [-0.15, -0.1) is 0 Å². The van der Waals surface area contributed by atoms with E-state index >= 15 is 0 Å². The maximum atomic E-state index is 14.3. The summed E-state index contributed by atoms with van der Waals surface area (Å²) in [7, 11) is 3.40. The predicted octanol–water partition coefficient (Wildman–Crippen LogP) is 1.14. The van der Waals surface area contributed by atoms with Crippen molar-refractivity contribution < 1.29 is 18.4 Å². The number of benzene rings is 1. The third-order valence-corrected chi connectivity index (χ3v) is 4.49. The number of nitrogens with zero attached hydrogens (tertiary/aromatic N) is 3. The van der Waals surface area contributed by atoms with Crippen LogP contribution in [0.3, 0.4) is 0 Å². The Kier molecular flexibility index (Phi) is 5.50. The van der Waals surface area contributed by atoms with Gasteiger partial charge in [0.05, 0.1) is 17.8 Å². The van der Waals surface area contributed by atoms with Gasteiger partial charge in [0, 0.05) is 26.2 Å². The van der Waals surface area contributed by atoms with Gasteiger partial charge in [-0.25, -0.2) is 13.8 Å². The smallest absolute Gasteiger partial charge is 0.272 e. The molecule has 9 heteroatoms. The minimum Gasteiger partial charge on any atom is -0.358 e. The first kappa shape index (κ1) is 19.0. The largest absolute Gasteiger partial charge is 0.358 e. The molecule has 1 aromatic carbocycles. The van der Waals surface area contributed by atoms with Crippen molar-refractivity contribution in [3.63, 3.8) is 0 Å². The van der Waals surface area contributed by atoms with E-state index in [0.717, 1.165) is 25.1 Å². The van der Waals surface area contributed by atoms with E-state index in [1.165, 1.54) is 13.1 Å². The van der Waals surface area contributed by atoms with Gasteiger partial charge in [-0.3, -0.25) is 9.59 Å². The summed E-state index contributed by atoms with van der Waals surface area (Å²) in [6, 6.07) is 3.28. The van der Waals surface area contributed by atoms with Crippen LogP contribution in [0.2, 0.25) is 0 Å². The highest BCUT2D eigenvalue weighted by molar-refractivity contribution is 5.96. The van der Waals surface area contributed by atoms with E-state index in [-0.39, 0.29) is 29.5 Å². The van der Waals surface area contributed by atoms with E-state index in [4.69, 9.17) is 0 Å². The first-order valence-electron chi connectivity index (χ1n) is 8.63. The first-order valence-corrected chi connectivity index (χ1v) is 8.63. The van der Waals surface area contributed by atoms with Gasteiger partial charge in [-0.1, -0.05) is 0 Å². The third kappa shape index (κ3) is 3.97. The van der Waals surface area contributed by atoms with Crippen LogP contribution in [-0.2, 0) is 17.9 Å². The number of nitrogens with one attached hydrogen (secondary N) is 2. The molecule has 0 saturated heterocycles. The standard InChI is InChI=1S/C18H21F2N5O2/c1-21-15(26)9-22-18(27)16-14-10-24(2)6-3-7-25(14)17(23-16)12-5-4-11(19)8-13(12)20/h4-5,8H,3,6-7,9-10H2,1-2H3,(H,21,26)(H,22,27).